The molecule has 1 unspecified atom stereocenters. The molecule has 4 aromatic carbocycles. The Hall–Kier alpha value is -3.96. The Labute approximate surface area is 189 Å². The van der Waals surface area contributed by atoms with Crippen LogP contribution in [-0.4, -0.2) is 5.97 Å². The van der Waals surface area contributed by atoms with Crippen LogP contribution in [0.15, 0.2) is 84.9 Å². The number of carbonyl (C=O) groups excluding carboxylic acids is 1. The van der Waals surface area contributed by atoms with E-state index in [1.807, 2.05) is 60.7 Å². The molecule has 6 heteroatoms. The normalized spacial score (nSPS) is 17.7. The molecule has 0 amide bonds. The van der Waals surface area contributed by atoms with Crippen LogP contribution in [0.5, 0.6) is 11.5 Å². The zero-order valence-electron chi connectivity index (χ0n) is 16.8. The van der Waals surface area contributed by atoms with Gasteiger partial charge in [0, 0.05) is 40.2 Å². The van der Waals surface area contributed by atoms with Crippen molar-refractivity contribution < 1.29 is 14.3 Å². The van der Waals surface area contributed by atoms with Crippen LogP contribution in [0, 0.1) is 0 Å². The van der Waals surface area contributed by atoms with Crippen molar-refractivity contribution in [2.24, 2.45) is 0 Å². The van der Waals surface area contributed by atoms with Crippen molar-refractivity contribution >= 4 is 34.6 Å². The highest BCUT2D eigenvalue weighted by Crippen LogP contribution is 2.57. The number of hydrogen-bond donors (Lipinski definition) is 2. The number of nitrogen functional groups attached to an aromatic ring is 1. The van der Waals surface area contributed by atoms with E-state index >= 15 is 0 Å². The molecular formula is C26H17ClN2O3. The molecule has 0 bridgehead atoms. The molecule has 32 heavy (non-hydrogen) atoms. The minimum Gasteiger partial charge on any atom is -0.456 e. The summed E-state index contributed by atoms with van der Waals surface area (Å²) in [5.41, 5.74) is 9.66. The number of rotatable bonds is 2. The minimum atomic E-state index is -1.16. The summed E-state index contributed by atoms with van der Waals surface area (Å²) in [6.07, 6.45) is 0. The second-order valence-corrected chi connectivity index (χ2v) is 8.20. The van der Waals surface area contributed by atoms with Gasteiger partial charge >= 0.3 is 5.97 Å². The Morgan fingerprint density at radius 1 is 0.812 bits per heavy atom. The first-order chi connectivity index (χ1) is 15.6. The summed E-state index contributed by atoms with van der Waals surface area (Å²) in [5, 5.41) is 3.83. The number of nitrogens with two attached hydrogens (primary N) is 1. The molecule has 0 aliphatic carbocycles. The van der Waals surface area contributed by atoms with E-state index in [-0.39, 0.29) is 5.97 Å². The van der Waals surface area contributed by atoms with Gasteiger partial charge in [-0.25, -0.2) is 4.79 Å². The average molecular weight is 441 g/mol. The van der Waals surface area contributed by atoms with E-state index in [1.54, 1.807) is 24.3 Å². The third kappa shape index (κ3) is 2.61. The SMILES string of the molecule is Nc1ccc2c(c1)Oc1cc(Cl)c(Nc3ccccc3)cc1C21OC(=O)c2ccccc21. The molecule has 1 atom stereocenters. The fourth-order valence-electron chi connectivity index (χ4n) is 4.48. The molecule has 2 aliphatic rings. The molecule has 0 aromatic heterocycles. The van der Waals surface area contributed by atoms with Crippen molar-refractivity contribution in [3.05, 3.63) is 112 Å². The second kappa shape index (κ2) is 6.77. The molecule has 2 aliphatic heterocycles. The summed E-state index contributed by atoms with van der Waals surface area (Å²) in [4.78, 5) is 12.9. The van der Waals surface area contributed by atoms with Gasteiger partial charge in [-0.05, 0) is 36.4 Å². The van der Waals surface area contributed by atoms with Crippen molar-refractivity contribution in [1.82, 2.24) is 0 Å². The van der Waals surface area contributed by atoms with Crippen molar-refractivity contribution in [2.45, 2.75) is 5.60 Å². The lowest BCUT2D eigenvalue weighted by Gasteiger charge is -2.37. The van der Waals surface area contributed by atoms with Crippen LogP contribution in [0.1, 0.15) is 27.0 Å². The number of nitrogens with one attached hydrogen (secondary N) is 1. The summed E-state index contributed by atoms with van der Waals surface area (Å²) >= 11 is 6.62. The average Bonchev–Trinajstić information content (AvgIpc) is 3.09. The molecule has 0 saturated heterocycles. The summed E-state index contributed by atoms with van der Waals surface area (Å²) in [7, 11) is 0. The molecule has 3 N–H and O–H groups in total. The Kier molecular flexibility index (Phi) is 3.97. The van der Waals surface area contributed by atoms with Crippen LogP contribution in [0.4, 0.5) is 17.1 Å². The van der Waals surface area contributed by atoms with Gasteiger partial charge in [0.2, 0.25) is 0 Å². The van der Waals surface area contributed by atoms with Gasteiger partial charge in [-0.15, -0.1) is 0 Å². The number of esters is 1. The molecule has 0 fully saturated rings. The van der Waals surface area contributed by atoms with Gasteiger partial charge in [-0.2, -0.15) is 0 Å². The highest BCUT2D eigenvalue weighted by molar-refractivity contribution is 6.33. The first-order valence-corrected chi connectivity index (χ1v) is 10.5. The van der Waals surface area contributed by atoms with Gasteiger partial charge in [0.25, 0.3) is 0 Å². The molecule has 1 spiro atoms. The zero-order valence-corrected chi connectivity index (χ0v) is 17.5. The van der Waals surface area contributed by atoms with Crippen LogP contribution < -0.4 is 15.8 Å². The minimum absolute atomic E-state index is 0.385. The molecule has 0 saturated carbocycles. The lowest BCUT2D eigenvalue weighted by Crippen LogP contribution is -2.33. The van der Waals surface area contributed by atoms with Crippen LogP contribution >= 0.6 is 11.6 Å². The third-order valence-corrected chi connectivity index (χ3v) is 6.19. The van der Waals surface area contributed by atoms with Gasteiger partial charge in [0.05, 0.1) is 16.3 Å². The number of hydrogen-bond acceptors (Lipinski definition) is 5. The number of carbonyl (C=O) groups is 1. The van der Waals surface area contributed by atoms with E-state index < -0.39 is 5.60 Å². The van der Waals surface area contributed by atoms with E-state index in [1.165, 1.54) is 0 Å². The van der Waals surface area contributed by atoms with Crippen LogP contribution in [-0.2, 0) is 10.3 Å². The predicted octanol–water partition coefficient (Wildman–Crippen LogP) is 6.23. The van der Waals surface area contributed by atoms with E-state index in [0.29, 0.717) is 44.6 Å². The molecule has 0 radical (unpaired) electrons. The fraction of sp³-hybridized carbons (Fsp3) is 0.0385. The number of anilines is 3. The molecule has 2 heterocycles. The van der Waals surface area contributed by atoms with Crippen molar-refractivity contribution in [3.63, 3.8) is 0 Å². The Morgan fingerprint density at radius 3 is 2.41 bits per heavy atom. The van der Waals surface area contributed by atoms with E-state index in [2.05, 4.69) is 5.32 Å². The molecular weight excluding hydrogens is 424 g/mol. The number of halogens is 1. The number of para-hydroxylation sites is 1. The third-order valence-electron chi connectivity index (χ3n) is 5.88. The maximum atomic E-state index is 12.9. The first-order valence-electron chi connectivity index (χ1n) is 10.1. The monoisotopic (exact) mass is 440 g/mol. The zero-order chi connectivity index (χ0) is 21.9. The number of ether oxygens (including phenoxy) is 2. The fourth-order valence-corrected chi connectivity index (χ4v) is 4.68. The largest absolute Gasteiger partial charge is 0.456 e. The Morgan fingerprint density at radius 2 is 1.56 bits per heavy atom. The molecule has 4 aromatic rings. The lowest BCUT2D eigenvalue weighted by molar-refractivity contribution is 0.0224. The maximum Gasteiger partial charge on any atom is 0.340 e. The van der Waals surface area contributed by atoms with E-state index in [9.17, 15) is 4.79 Å². The summed E-state index contributed by atoms with van der Waals surface area (Å²) < 4.78 is 12.4. The molecule has 156 valence electrons. The highest BCUT2D eigenvalue weighted by atomic mass is 35.5. The summed E-state index contributed by atoms with van der Waals surface area (Å²) in [6, 6.07) is 26.1. The van der Waals surface area contributed by atoms with Gasteiger partial charge in [0.1, 0.15) is 11.5 Å². The highest BCUT2D eigenvalue weighted by Gasteiger charge is 2.53. The second-order valence-electron chi connectivity index (χ2n) is 7.79. The summed E-state index contributed by atoms with van der Waals surface area (Å²) in [5.74, 6) is 0.654. The maximum absolute atomic E-state index is 12.9. The van der Waals surface area contributed by atoms with Crippen LogP contribution in [0.25, 0.3) is 0 Å². The topological polar surface area (TPSA) is 73.6 Å². The smallest absolute Gasteiger partial charge is 0.340 e. The van der Waals surface area contributed by atoms with Crippen LogP contribution in [0.2, 0.25) is 5.02 Å². The van der Waals surface area contributed by atoms with Gasteiger partial charge < -0.3 is 20.5 Å². The van der Waals surface area contributed by atoms with Gasteiger partial charge in [0.15, 0.2) is 5.60 Å². The Bertz CT molecular complexity index is 1400. The standard InChI is InChI=1S/C26H17ClN2O3/c27-21-14-24-20(13-22(21)29-16-6-2-1-3-7-16)26(19-11-10-15(28)12-23(19)31-24)18-9-5-4-8-17(18)25(30)32-26/h1-14,29H,28H2. The van der Waals surface area contributed by atoms with Crippen LogP contribution in [0.3, 0.4) is 0 Å². The number of benzene rings is 4. The molecule has 5 nitrogen and oxygen atoms in total. The quantitative estimate of drug-likeness (QED) is 0.285. The van der Waals surface area contributed by atoms with Gasteiger partial charge in [-0.1, -0.05) is 48.0 Å². The van der Waals surface area contributed by atoms with Crippen molar-refractivity contribution in [1.29, 1.82) is 0 Å². The van der Waals surface area contributed by atoms with E-state index in [4.69, 9.17) is 26.8 Å². The van der Waals surface area contributed by atoms with Crippen molar-refractivity contribution in [3.8, 4) is 11.5 Å². The summed E-state index contributed by atoms with van der Waals surface area (Å²) in [6.45, 7) is 0. The molecule has 6 rings (SSSR count). The van der Waals surface area contributed by atoms with Gasteiger partial charge in [-0.3, -0.25) is 0 Å². The lowest BCUT2D eigenvalue weighted by atomic mass is 9.77. The Balaban J connectivity index is 1.62. The van der Waals surface area contributed by atoms with Crippen molar-refractivity contribution in [2.75, 3.05) is 11.1 Å². The first kappa shape index (κ1) is 18.8. The van der Waals surface area contributed by atoms with E-state index in [0.717, 1.165) is 11.3 Å². The predicted molar refractivity (Wildman–Crippen MR) is 124 cm³/mol. The number of fused-ring (bicyclic) bond motifs is 6.